The van der Waals surface area contributed by atoms with Gasteiger partial charge in [0.15, 0.2) is 0 Å². The van der Waals surface area contributed by atoms with Crippen LogP contribution in [0.2, 0.25) is 5.15 Å². The summed E-state index contributed by atoms with van der Waals surface area (Å²) in [6, 6.07) is 3.46. The van der Waals surface area contributed by atoms with E-state index >= 15 is 0 Å². The van der Waals surface area contributed by atoms with Crippen LogP contribution in [0, 0.1) is 0 Å². The summed E-state index contributed by atoms with van der Waals surface area (Å²) in [7, 11) is 2.85. The van der Waals surface area contributed by atoms with Gasteiger partial charge in [-0.2, -0.15) is 0 Å². The van der Waals surface area contributed by atoms with E-state index in [0.717, 1.165) is 18.5 Å². The van der Waals surface area contributed by atoms with E-state index in [0.29, 0.717) is 16.5 Å². The summed E-state index contributed by atoms with van der Waals surface area (Å²) in [6.45, 7) is -0.320. The number of carboxylic acids is 1. The molecule has 0 amide bonds. The number of pyridine rings is 1. The van der Waals surface area contributed by atoms with E-state index < -0.39 is 11.9 Å². The summed E-state index contributed by atoms with van der Waals surface area (Å²) in [6.07, 6.45) is 2.21. The first-order chi connectivity index (χ1) is 9.94. The largest absolute Gasteiger partial charge is 0.532 e. The van der Waals surface area contributed by atoms with Gasteiger partial charge >= 0.3 is 19.4 Å². The fraction of sp³-hybridized carbons (Fsp3) is 0.462. The molecular weight excluding hydrogens is 294 g/mol. The summed E-state index contributed by atoms with van der Waals surface area (Å²) in [5.74, 6) is -1.07. The number of carboxylic acid groups (broad SMARTS) is 1. The normalized spacial score (nSPS) is 14.0. The lowest BCUT2D eigenvalue weighted by Crippen LogP contribution is -2.34. The quantitative estimate of drug-likeness (QED) is 0.581. The Bertz CT molecular complexity index is 551. The minimum atomic E-state index is -0.996. The predicted octanol–water partition coefficient (Wildman–Crippen LogP) is 0.417. The second kappa shape index (κ2) is 6.91. The van der Waals surface area contributed by atoms with Crippen LogP contribution in [0.5, 0.6) is 0 Å². The number of nitrogens with zero attached hydrogens (tertiary/aromatic N) is 2. The maximum absolute atomic E-state index is 11.6. The third kappa shape index (κ3) is 5.36. The minimum Gasteiger partial charge on any atom is -0.532 e. The molecule has 0 bridgehead atoms. The van der Waals surface area contributed by atoms with E-state index in [1.807, 2.05) is 6.07 Å². The molecule has 8 heteroatoms. The lowest BCUT2D eigenvalue weighted by atomic mass is 9.88. The fourth-order valence-corrected chi connectivity index (χ4v) is 2.10. The summed E-state index contributed by atoms with van der Waals surface area (Å²) >= 11 is 5.93. The fourth-order valence-electron chi connectivity index (χ4n) is 1.87. The van der Waals surface area contributed by atoms with Crippen LogP contribution < -0.4 is 5.46 Å². The van der Waals surface area contributed by atoms with Crippen molar-refractivity contribution in [2.24, 2.45) is 0 Å². The zero-order valence-electron chi connectivity index (χ0n) is 11.6. The molecule has 2 rings (SSSR count). The van der Waals surface area contributed by atoms with Gasteiger partial charge < -0.3 is 9.76 Å². The topological polar surface area (TPSA) is 79.7 Å². The predicted molar refractivity (Wildman–Crippen MR) is 77.8 cm³/mol. The number of likely N-dealkylation sites (N-methyl/N-ethyl adjacent to an activating group) is 1. The van der Waals surface area contributed by atoms with Crippen molar-refractivity contribution in [1.82, 2.24) is 9.88 Å². The Labute approximate surface area is 128 Å². The summed E-state index contributed by atoms with van der Waals surface area (Å²) in [5.41, 5.74) is 1.58. The molecule has 0 aliphatic heterocycles. The van der Waals surface area contributed by atoms with Crippen molar-refractivity contribution in [1.29, 1.82) is 0 Å². The van der Waals surface area contributed by atoms with Crippen molar-refractivity contribution in [3.63, 3.8) is 0 Å². The van der Waals surface area contributed by atoms with Gasteiger partial charge in [-0.25, -0.2) is 4.98 Å². The van der Waals surface area contributed by atoms with Crippen molar-refractivity contribution in [2.75, 3.05) is 20.1 Å². The van der Waals surface area contributed by atoms with Crippen LogP contribution in [-0.2, 0) is 14.2 Å². The second-order valence-corrected chi connectivity index (χ2v) is 5.48. The van der Waals surface area contributed by atoms with E-state index in [4.69, 9.17) is 21.4 Å². The summed E-state index contributed by atoms with van der Waals surface area (Å²) in [5, 5.41) is 8.97. The average molecular weight is 310 g/mol. The first kappa shape index (κ1) is 15.8. The monoisotopic (exact) mass is 309 g/mol. The maximum atomic E-state index is 11.6. The molecule has 0 atom stereocenters. The molecule has 1 heterocycles. The lowest BCUT2D eigenvalue weighted by molar-refractivity contribution is -0.139. The number of aliphatic carboxylic acids is 1. The molecule has 1 radical (unpaired) electrons. The highest BCUT2D eigenvalue weighted by molar-refractivity contribution is 6.49. The van der Waals surface area contributed by atoms with Crippen molar-refractivity contribution in [3.05, 3.63) is 23.0 Å². The van der Waals surface area contributed by atoms with E-state index in [-0.39, 0.29) is 13.1 Å². The number of hydrogen-bond acceptors (Lipinski definition) is 5. The van der Waals surface area contributed by atoms with Gasteiger partial charge in [0.05, 0.1) is 13.1 Å². The highest BCUT2D eigenvalue weighted by atomic mass is 35.5. The van der Waals surface area contributed by atoms with Crippen LogP contribution in [0.3, 0.4) is 0 Å². The first-order valence-electron chi connectivity index (χ1n) is 6.54. The smallest absolute Gasteiger partial charge is 0.412 e. The number of hydrogen-bond donors (Lipinski definition) is 1. The Kier molecular flexibility index (Phi) is 5.19. The van der Waals surface area contributed by atoms with Crippen LogP contribution in [0.25, 0.3) is 0 Å². The molecule has 1 aliphatic carbocycles. The Hall–Kier alpha value is -1.60. The molecule has 0 saturated heterocycles. The average Bonchev–Trinajstić information content (AvgIpc) is 3.18. The first-order valence-corrected chi connectivity index (χ1v) is 6.92. The van der Waals surface area contributed by atoms with Gasteiger partial charge in [0.1, 0.15) is 5.15 Å². The van der Waals surface area contributed by atoms with Crippen molar-refractivity contribution in [2.45, 2.75) is 18.8 Å². The molecule has 0 aromatic carbocycles. The molecule has 1 aromatic rings. The Morgan fingerprint density at radius 2 is 2.19 bits per heavy atom. The van der Waals surface area contributed by atoms with E-state index in [9.17, 15) is 9.59 Å². The molecule has 1 N–H and O–H groups in total. The molecule has 0 spiro atoms. The molecule has 1 aromatic heterocycles. The van der Waals surface area contributed by atoms with Crippen LogP contribution >= 0.6 is 11.6 Å². The lowest BCUT2D eigenvalue weighted by Gasteiger charge is -2.13. The third-order valence-corrected chi connectivity index (χ3v) is 3.16. The van der Waals surface area contributed by atoms with Crippen LogP contribution in [-0.4, -0.2) is 54.5 Å². The highest BCUT2D eigenvalue weighted by Gasteiger charge is 2.26. The number of halogens is 1. The summed E-state index contributed by atoms with van der Waals surface area (Å²) in [4.78, 5) is 27.7. The molecule has 111 valence electrons. The third-order valence-electron chi connectivity index (χ3n) is 2.96. The number of carbonyl (C=O) groups is 2. The van der Waals surface area contributed by atoms with Gasteiger partial charge in [-0.3, -0.25) is 14.5 Å². The second-order valence-electron chi connectivity index (χ2n) is 5.10. The minimum absolute atomic E-state index is 0.100. The zero-order valence-corrected chi connectivity index (χ0v) is 12.3. The Morgan fingerprint density at radius 1 is 1.48 bits per heavy atom. The zero-order chi connectivity index (χ0) is 15.4. The summed E-state index contributed by atoms with van der Waals surface area (Å²) < 4.78 is 5.01. The van der Waals surface area contributed by atoms with Crippen molar-refractivity contribution in [3.8, 4) is 0 Å². The van der Waals surface area contributed by atoms with Crippen molar-refractivity contribution >= 4 is 36.5 Å². The number of rotatable bonds is 7. The van der Waals surface area contributed by atoms with E-state index in [1.54, 1.807) is 6.07 Å². The number of aromatic nitrogens is 1. The molecular formula is C13H15BClN2O4. The van der Waals surface area contributed by atoms with Gasteiger partial charge in [0.2, 0.25) is 0 Å². The molecule has 21 heavy (non-hydrogen) atoms. The Morgan fingerprint density at radius 3 is 2.81 bits per heavy atom. The molecule has 1 saturated carbocycles. The molecule has 1 fully saturated rings. The van der Waals surface area contributed by atoms with Gasteiger partial charge in [-0.15, -0.1) is 0 Å². The molecule has 6 nitrogen and oxygen atoms in total. The van der Waals surface area contributed by atoms with Crippen LogP contribution in [0.4, 0.5) is 0 Å². The molecule has 1 aliphatic rings. The van der Waals surface area contributed by atoms with E-state index in [1.165, 1.54) is 19.4 Å². The SMILES string of the molecule is CN(CC(=O)O)CC(=O)O[B]c1cc(Cl)nc(C2CC2)c1. The standard InChI is InChI=1S/C13H15BClN2O4/c1-17(6-12(18)19)7-13(20)21-14-9-4-10(8-2-3-8)16-11(15)5-9/h4-5,8H,2-3,6-7H2,1H3,(H,18,19). The van der Waals surface area contributed by atoms with Crippen LogP contribution in [0.15, 0.2) is 12.1 Å². The van der Waals surface area contributed by atoms with Gasteiger partial charge in [0.25, 0.3) is 0 Å². The highest BCUT2D eigenvalue weighted by Crippen LogP contribution is 2.38. The number of carbonyl (C=O) groups excluding carboxylic acids is 1. The maximum Gasteiger partial charge on any atom is 0.412 e. The van der Waals surface area contributed by atoms with E-state index in [2.05, 4.69) is 4.98 Å². The van der Waals surface area contributed by atoms with Gasteiger partial charge in [-0.1, -0.05) is 11.6 Å². The van der Waals surface area contributed by atoms with Gasteiger partial charge in [0, 0.05) is 11.6 Å². The van der Waals surface area contributed by atoms with Crippen LogP contribution in [0.1, 0.15) is 24.5 Å². The van der Waals surface area contributed by atoms with Gasteiger partial charge in [-0.05, 0) is 37.5 Å². The molecule has 0 unspecified atom stereocenters. The van der Waals surface area contributed by atoms with Crippen molar-refractivity contribution < 1.29 is 19.3 Å². The Balaban J connectivity index is 1.84.